The van der Waals surface area contributed by atoms with Crippen LogP contribution < -0.4 is 15.9 Å². The Kier molecular flexibility index (Phi) is 7.24. The van der Waals surface area contributed by atoms with Gasteiger partial charge in [0.25, 0.3) is 0 Å². The van der Waals surface area contributed by atoms with Gasteiger partial charge in [-0.25, -0.2) is 4.98 Å². The van der Waals surface area contributed by atoms with Gasteiger partial charge in [-0.1, -0.05) is 12.1 Å². The van der Waals surface area contributed by atoms with Crippen molar-refractivity contribution < 1.29 is 9.47 Å². The lowest BCUT2D eigenvalue weighted by atomic mass is 10.2. The Hall–Kier alpha value is -2.16. The number of nitrogens with one attached hydrogen (secondary N) is 1. The van der Waals surface area contributed by atoms with Crippen LogP contribution >= 0.6 is 11.3 Å². The Morgan fingerprint density at radius 1 is 1.31 bits per heavy atom. The van der Waals surface area contributed by atoms with Crippen molar-refractivity contribution in [3.63, 3.8) is 0 Å². The van der Waals surface area contributed by atoms with Crippen molar-refractivity contribution in [2.75, 3.05) is 50.6 Å². The van der Waals surface area contributed by atoms with Crippen LogP contribution in [0.1, 0.15) is 18.4 Å². The number of nitrogens with two attached hydrogens (primary N) is 1. The predicted octanol–water partition coefficient (Wildman–Crippen LogP) is 2.66. The maximum absolute atomic E-state index is 5.94. The number of benzene rings is 1. The Labute approximate surface area is 157 Å². The van der Waals surface area contributed by atoms with Gasteiger partial charge in [-0.15, -0.1) is 11.3 Å². The topological polar surface area (TPSA) is 85.0 Å². The molecule has 0 spiro atoms. The molecule has 0 saturated carbocycles. The minimum Gasteiger partial charge on any atom is -0.493 e. The van der Waals surface area contributed by atoms with E-state index in [1.807, 2.05) is 24.3 Å². The maximum atomic E-state index is 5.94. The summed E-state index contributed by atoms with van der Waals surface area (Å²) >= 11 is 1.42. The highest BCUT2D eigenvalue weighted by Gasteiger charge is 2.09. The Bertz CT molecular complexity index is 700. The summed E-state index contributed by atoms with van der Waals surface area (Å²) in [7, 11) is 0. The van der Waals surface area contributed by atoms with Crippen molar-refractivity contribution >= 4 is 28.5 Å². The van der Waals surface area contributed by atoms with Crippen molar-refractivity contribution in [3.05, 3.63) is 35.2 Å². The van der Waals surface area contributed by atoms with E-state index in [1.165, 1.54) is 11.3 Å². The molecular weight excluding hydrogens is 350 g/mol. The molecule has 1 saturated heterocycles. The van der Waals surface area contributed by atoms with E-state index in [1.54, 1.807) is 11.6 Å². The molecule has 0 atom stereocenters. The molecule has 140 valence electrons. The first-order valence-electron chi connectivity index (χ1n) is 8.83. The number of unbranched alkanes of at least 4 members (excludes halogenated alkanes) is 1. The maximum Gasteiger partial charge on any atom is 0.205 e. The van der Waals surface area contributed by atoms with Crippen LogP contribution in [0.2, 0.25) is 0 Å². The molecule has 26 heavy (non-hydrogen) atoms. The molecule has 1 fully saturated rings. The third-order valence-electron chi connectivity index (χ3n) is 4.03. The molecule has 0 unspecified atom stereocenters. The van der Waals surface area contributed by atoms with Crippen molar-refractivity contribution in [1.29, 1.82) is 0 Å². The van der Waals surface area contributed by atoms with Crippen LogP contribution in [0, 0.1) is 0 Å². The Balaban J connectivity index is 1.41. The molecule has 1 aliphatic heterocycles. The van der Waals surface area contributed by atoms with Gasteiger partial charge in [0, 0.05) is 24.0 Å². The van der Waals surface area contributed by atoms with E-state index in [4.69, 9.17) is 15.2 Å². The second-order valence-electron chi connectivity index (χ2n) is 5.99. The van der Waals surface area contributed by atoms with E-state index in [-0.39, 0.29) is 0 Å². The lowest BCUT2D eigenvalue weighted by Crippen LogP contribution is -2.36. The summed E-state index contributed by atoms with van der Waals surface area (Å²) in [6.07, 6.45) is 3.89. The average molecular weight is 375 g/mol. The van der Waals surface area contributed by atoms with Gasteiger partial charge in [0.15, 0.2) is 0 Å². The standard InChI is InChI=1S/C18H25N5O2S/c19-17-14-26-18(21-17)22-20-13-15-5-1-2-6-16(15)25-10-4-3-7-23-8-11-24-12-9-23/h1-2,5-6,13-14H,3-4,7-12,19H2,(H,21,22). The van der Waals surface area contributed by atoms with E-state index >= 15 is 0 Å². The van der Waals surface area contributed by atoms with Crippen LogP contribution in [-0.4, -0.2) is 55.6 Å². The molecule has 3 rings (SSSR count). The minimum atomic E-state index is 0.494. The van der Waals surface area contributed by atoms with Gasteiger partial charge < -0.3 is 15.2 Å². The molecule has 2 aromatic rings. The number of hydrazone groups is 1. The van der Waals surface area contributed by atoms with Gasteiger partial charge in [-0.2, -0.15) is 5.10 Å². The molecule has 0 amide bonds. The second-order valence-corrected chi connectivity index (χ2v) is 6.85. The largest absolute Gasteiger partial charge is 0.493 e. The number of hydrogen-bond acceptors (Lipinski definition) is 8. The summed E-state index contributed by atoms with van der Waals surface area (Å²) in [4.78, 5) is 6.55. The normalized spacial score (nSPS) is 15.4. The molecule has 1 aliphatic rings. The average Bonchev–Trinajstić information content (AvgIpc) is 3.08. The molecule has 0 radical (unpaired) electrons. The van der Waals surface area contributed by atoms with Crippen molar-refractivity contribution in [2.24, 2.45) is 5.10 Å². The predicted molar refractivity (Wildman–Crippen MR) is 106 cm³/mol. The third kappa shape index (κ3) is 5.98. The van der Waals surface area contributed by atoms with Gasteiger partial charge in [-0.3, -0.25) is 10.3 Å². The van der Waals surface area contributed by atoms with Crippen LogP contribution in [0.3, 0.4) is 0 Å². The summed E-state index contributed by atoms with van der Waals surface area (Å²) in [5.41, 5.74) is 9.40. The molecule has 3 N–H and O–H groups in total. The summed E-state index contributed by atoms with van der Waals surface area (Å²) < 4.78 is 11.3. The second kappa shape index (κ2) is 10.1. The number of para-hydroxylation sites is 1. The molecule has 1 aromatic heterocycles. The molecule has 0 bridgehead atoms. The van der Waals surface area contributed by atoms with Crippen molar-refractivity contribution in [3.8, 4) is 5.75 Å². The smallest absolute Gasteiger partial charge is 0.205 e. The monoisotopic (exact) mass is 375 g/mol. The third-order valence-corrected chi connectivity index (χ3v) is 4.80. The number of anilines is 2. The Morgan fingerprint density at radius 2 is 2.15 bits per heavy atom. The van der Waals surface area contributed by atoms with Gasteiger partial charge in [0.2, 0.25) is 5.13 Å². The number of rotatable bonds is 9. The molecule has 7 nitrogen and oxygen atoms in total. The van der Waals surface area contributed by atoms with E-state index in [0.717, 1.165) is 57.0 Å². The number of hydrogen-bond donors (Lipinski definition) is 2. The first-order valence-corrected chi connectivity index (χ1v) is 9.71. The number of morpholine rings is 1. The van der Waals surface area contributed by atoms with Crippen molar-refractivity contribution in [2.45, 2.75) is 12.8 Å². The first-order chi connectivity index (χ1) is 12.8. The zero-order chi connectivity index (χ0) is 18.0. The van der Waals surface area contributed by atoms with Crippen LogP contribution in [0.25, 0.3) is 0 Å². The number of thiazole rings is 1. The molecule has 1 aromatic carbocycles. The summed E-state index contributed by atoms with van der Waals surface area (Å²) in [6.45, 7) is 5.59. The summed E-state index contributed by atoms with van der Waals surface area (Å²) in [6, 6.07) is 7.87. The fourth-order valence-electron chi connectivity index (χ4n) is 2.66. The van der Waals surface area contributed by atoms with Gasteiger partial charge in [0.05, 0.1) is 26.0 Å². The van der Waals surface area contributed by atoms with Crippen molar-refractivity contribution in [1.82, 2.24) is 9.88 Å². The lowest BCUT2D eigenvalue weighted by Gasteiger charge is -2.26. The van der Waals surface area contributed by atoms with Crippen LogP contribution in [0.5, 0.6) is 5.75 Å². The number of aromatic nitrogens is 1. The zero-order valence-electron chi connectivity index (χ0n) is 14.8. The van der Waals surface area contributed by atoms with E-state index < -0.39 is 0 Å². The number of ether oxygens (including phenoxy) is 2. The molecular formula is C18H25N5O2S. The highest BCUT2D eigenvalue weighted by atomic mass is 32.1. The van der Waals surface area contributed by atoms with E-state index in [0.29, 0.717) is 17.6 Å². The molecule has 8 heteroatoms. The Morgan fingerprint density at radius 3 is 2.96 bits per heavy atom. The van der Waals surface area contributed by atoms with Gasteiger partial charge in [-0.05, 0) is 31.5 Å². The zero-order valence-corrected chi connectivity index (χ0v) is 15.6. The fraction of sp³-hybridized carbons (Fsp3) is 0.444. The highest BCUT2D eigenvalue weighted by Crippen LogP contribution is 2.18. The summed E-state index contributed by atoms with van der Waals surface area (Å²) in [5.74, 6) is 1.33. The fourth-order valence-corrected chi connectivity index (χ4v) is 3.21. The minimum absolute atomic E-state index is 0.494. The van der Waals surface area contributed by atoms with Crippen LogP contribution in [0.4, 0.5) is 10.9 Å². The SMILES string of the molecule is Nc1csc(NN=Cc2ccccc2OCCCCN2CCOCC2)n1. The quantitative estimate of drug-likeness (QED) is 0.398. The molecule has 2 heterocycles. The van der Waals surface area contributed by atoms with Gasteiger partial charge in [0.1, 0.15) is 11.6 Å². The highest BCUT2D eigenvalue weighted by molar-refractivity contribution is 7.14. The van der Waals surface area contributed by atoms with Gasteiger partial charge >= 0.3 is 0 Å². The number of nitrogens with zero attached hydrogens (tertiary/aromatic N) is 3. The number of nitrogen functional groups attached to an aromatic ring is 1. The summed E-state index contributed by atoms with van der Waals surface area (Å²) in [5, 5.41) is 6.65. The first kappa shape index (κ1) is 18.6. The van der Waals surface area contributed by atoms with E-state index in [2.05, 4.69) is 20.4 Å². The lowest BCUT2D eigenvalue weighted by molar-refractivity contribution is 0.0368. The van der Waals surface area contributed by atoms with E-state index in [9.17, 15) is 0 Å². The van der Waals surface area contributed by atoms with Crippen LogP contribution in [0.15, 0.2) is 34.7 Å². The molecule has 0 aliphatic carbocycles. The van der Waals surface area contributed by atoms with Crippen LogP contribution in [-0.2, 0) is 4.74 Å².